The molecule has 0 saturated carbocycles. The van der Waals surface area contributed by atoms with Gasteiger partial charge in [-0.05, 0) is 68.1 Å². The van der Waals surface area contributed by atoms with Gasteiger partial charge in [0.2, 0.25) is 10.0 Å². The predicted octanol–water partition coefficient (Wildman–Crippen LogP) is 3.24. The van der Waals surface area contributed by atoms with E-state index in [0.29, 0.717) is 6.42 Å². The first-order chi connectivity index (χ1) is 13.8. The molecule has 156 valence electrons. The molecule has 0 unspecified atom stereocenters. The highest BCUT2D eigenvalue weighted by Gasteiger charge is 2.29. The normalized spacial score (nSPS) is 20.5. The average Bonchev–Trinajstić information content (AvgIpc) is 2.69. The second-order valence-electron chi connectivity index (χ2n) is 8.14. The Bertz CT molecular complexity index is 1000. The summed E-state index contributed by atoms with van der Waals surface area (Å²) in [7, 11) is -1.50. The molecular weight excluding hydrogens is 406 g/mol. The van der Waals surface area contributed by atoms with E-state index in [4.69, 9.17) is 11.6 Å². The molecule has 1 aliphatic carbocycles. The molecule has 5 nitrogen and oxygen atoms in total. The van der Waals surface area contributed by atoms with Gasteiger partial charge in [-0.1, -0.05) is 29.8 Å². The van der Waals surface area contributed by atoms with E-state index < -0.39 is 10.0 Å². The van der Waals surface area contributed by atoms with E-state index in [-0.39, 0.29) is 16.0 Å². The zero-order chi connectivity index (χ0) is 20.6. The number of piperazine rings is 1. The molecule has 1 atom stereocenters. The van der Waals surface area contributed by atoms with Crippen LogP contribution < -0.4 is 9.62 Å². The Hall–Kier alpha value is -1.60. The van der Waals surface area contributed by atoms with Gasteiger partial charge in [-0.25, -0.2) is 13.1 Å². The Labute approximate surface area is 178 Å². The van der Waals surface area contributed by atoms with Crippen molar-refractivity contribution >= 4 is 27.3 Å². The summed E-state index contributed by atoms with van der Waals surface area (Å²) in [6.07, 6.45) is 2.39. The van der Waals surface area contributed by atoms with Crippen LogP contribution in [0.4, 0.5) is 5.69 Å². The summed E-state index contributed by atoms with van der Waals surface area (Å²) in [5, 5.41) is 0.255. The Balaban J connectivity index is 1.59. The van der Waals surface area contributed by atoms with Crippen molar-refractivity contribution in [1.29, 1.82) is 0 Å². The van der Waals surface area contributed by atoms with E-state index in [1.54, 1.807) is 24.3 Å². The van der Waals surface area contributed by atoms with E-state index in [2.05, 4.69) is 40.6 Å². The highest BCUT2D eigenvalue weighted by Crippen LogP contribution is 2.34. The minimum Gasteiger partial charge on any atom is -0.369 e. The molecule has 2 aromatic rings. The standard InChI is InChI=1S/C22H28ClN3O2S/c1-16-7-10-21(26-13-11-25(2)12-14-26)19-15-17(8-9-18(16)19)24-29(27,28)22-6-4-3-5-20(22)23/h3-7,10,17,24H,8-9,11-15H2,1-2H3/t17-/m1/s1. The summed E-state index contributed by atoms with van der Waals surface area (Å²) < 4.78 is 28.7. The third-order valence-electron chi connectivity index (χ3n) is 6.13. The fourth-order valence-corrected chi connectivity index (χ4v) is 6.22. The summed E-state index contributed by atoms with van der Waals surface area (Å²) >= 11 is 6.14. The van der Waals surface area contributed by atoms with Crippen molar-refractivity contribution < 1.29 is 8.42 Å². The molecule has 1 heterocycles. The maximum Gasteiger partial charge on any atom is 0.242 e. The molecule has 1 N–H and O–H groups in total. The van der Waals surface area contributed by atoms with Crippen molar-refractivity contribution in [3.8, 4) is 0 Å². The van der Waals surface area contributed by atoms with Crippen LogP contribution in [0, 0.1) is 6.92 Å². The first kappa shape index (κ1) is 20.7. The van der Waals surface area contributed by atoms with Crippen molar-refractivity contribution in [2.24, 2.45) is 0 Å². The van der Waals surface area contributed by atoms with Gasteiger partial charge in [0.1, 0.15) is 4.90 Å². The van der Waals surface area contributed by atoms with Gasteiger partial charge in [0.15, 0.2) is 0 Å². The number of aryl methyl sites for hydroxylation is 1. The summed E-state index contributed by atoms with van der Waals surface area (Å²) in [4.78, 5) is 4.94. The molecule has 1 fully saturated rings. The van der Waals surface area contributed by atoms with Crippen LogP contribution in [-0.4, -0.2) is 52.6 Å². The summed E-state index contributed by atoms with van der Waals surface area (Å²) in [5.41, 5.74) is 5.24. The molecule has 0 bridgehead atoms. The number of hydrogen-bond donors (Lipinski definition) is 1. The lowest BCUT2D eigenvalue weighted by atomic mass is 9.84. The van der Waals surface area contributed by atoms with Gasteiger partial charge in [0.05, 0.1) is 5.02 Å². The molecule has 0 radical (unpaired) electrons. The number of rotatable bonds is 4. The number of likely N-dealkylation sites (N-methyl/N-ethyl adjacent to an activating group) is 1. The summed E-state index contributed by atoms with van der Waals surface area (Å²) in [6.45, 7) is 6.25. The van der Waals surface area contributed by atoms with E-state index in [9.17, 15) is 8.42 Å². The molecule has 29 heavy (non-hydrogen) atoms. The number of benzene rings is 2. The molecule has 0 amide bonds. The molecule has 1 saturated heterocycles. The van der Waals surface area contributed by atoms with Crippen LogP contribution in [0.5, 0.6) is 0 Å². The molecule has 4 rings (SSSR count). The Morgan fingerprint density at radius 2 is 1.76 bits per heavy atom. The van der Waals surface area contributed by atoms with Crippen LogP contribution in [0.3, 0.4) is 0 Å². The number of anilines is 1. The largest absolute Gasteiger partial charge is 0.369 e. The number of halogens is 1. The monoisotopic (exact) mass is 433 g/mol. The molecule has 1 aliphatic heterocycles. The van der Waals surface area contributed by atoms with Gasteiger partial charge in [0, 0.05) is 37.9 Å². The highest BCUT2D eigenvalue weighted by atomic mass is 35.5. The van der Waals surface area contributed by atoms with Crippen molar-refractivity contribution in [2.45, 2.75) is 37.1 Å². The molecule has 0 spiro atoms. The molecule has 2 aromatic carbocycles. The van der Waals surface area contributed by atoms with Crippen LogP contribution in [0.25, 0.3) is 0 Å². The number of sulfonamides is 1. The van der Waals surface area contributed by atoms with Crippen molar-refractivity contribution in [3.63, 3.8) is 0 Å². The van der Waals surface area contributed by atoms with Crippen molar-refractivity contribution in [1.82, 2.24) is 9.62 Å². The average molecular weight is 434 g/mol. The van der Waals surface area contributed by atoms with E-state index >= 15 is 0 Å². The predicted molar refractivity (Wildman–Crippen MR) is 118 cm³/mol. The smallest absolute Gasteiger partial charge is 0.242 e. The molecule has 2 aliphatic rings. The number of hydrogen-bond acceptors (Lipinski definition) is 4. The Morgan fingerprint density at radius 3 is 2.48 bits per heavy atom. The van der Waals surface area contributed by atoms with Gasteiger partial charge in [0.25, 0.3) is 0 Å². The highest BCUT2D eigenvalue weighted by molar-refractivity contribution is 7.89. The van der Waals surface area contributed by atoms with Gasteiger partial charge in [-0.2, -0.15) is 0 Å². The van der Waals surface area contributed by atoms with E-state index in [1.165, 1.54) is 22.4 Å². The number of fused-ring (bicyclic) bond motifs is 1. The number of nitrogens with zero attached hydrogens (tertiary/aromatic N) is 2. The SMILES string of the molecule is Cc1ccc(N2CCN(C)CC2)c2c1CC[C@@H](NS(=O)(=O)c1ccccc1Cl)C2. The van der Waals surface area contributed by atoms with Gasteiger partial charge >= 0.3 is 0 Å². The first-order valence-corrected chi connectivity index (χ1v) is 12.0. The third-order valence-corrected chi connectivity index (χ3v) is 8.15. The van der Waals surface area contributed by atoms with E-state index in [1.807, 2.05) is 0 Å². The van der Waals surface area contributed by atoms with Crippen LogP contribution >= 0.6 is 11.6 Å². The third kappa shape index (κ3) is 4.31. The Kier molecular flexibility index (Phi) is 5.89. The first-order valence-electron chi connectivity index (χ1n) is 10.2. The maximum atomic E-state index is 12.9. The van der Waals surface area contributed by atoms with Crippen molar-refractivity contribution in [2.75, 3.05) is 38.1 Å². The summed E-state index contributed by atoms with van der Waals surface area (Å²) in [5.74, 6) is 0. The topological polar surface area (TPSA) is 52.6 Å². The second-order valence-corrected chi connectivity index (χ2v) is 10.2. The lowest BCUT2D eigenvalue weighted by Crippen LogP contribution is -2.45. The second kappa shape index (κ2) is 8.26. The zero-order valence-corrected chi connectivity index (χ0v) is 18.6. The van der Waals surface area contributed by atoms with Crippen LogP contribution in [0.2, 0.25) is 5.02 Å². The minimum atomic E-state index is -3.65. The van der Waals surface area contributed by atoms with Crippen molar-refractivity contribution in [3.05, 3.63) is 58.1 Å². The van der Waals surface area contributed by atoms with Gasteiger partial charge in [-0.15, -0.1) is 0 Å². The van der Waals surface area contributed by atoms with Crippen LogP contribution in [0.1, 0.15) is 23.1 Å². The molecule has 0 aromatic heterocycles. The minimum absolute atomic E-state index is 0.128. The van der Waals surface area contributed by atoms with Gasteiger partial charge < -0.3 is 9.80 Å². The van der Waals surface area contributed by atoms with Gasteiger partial charge in [-0.3, -0.25) is 0 Å². The quantitative estimate of drug-likeness (QED) is 0.804. The fourth-order valence-electron chi connectivity index (χ4n) is 4.43. The van der Waals surface area contributed by atoms with Crippen LogP contribution in [-0.2, 0) is 22.9 Å². The number of nitrogens with one attached hydrogen (secondary N) is 1. The fraction of sp³-hybridized carbons (Fsp3) is 0.455. The van der Waals surface area contributed by atoms with Crippen LogP contribution in [0.15, 0.2) is 41.3 Å². The molecule has 7 heteroatoms. The lowest BCUT2D eigenvalue weighted by molar-refractivity contribution is 0.312. The molecular formula is C22H28ClN3O2S. The zero-order valence-electron chi connectivity index (χ0n) is 17.0. The Morgan fingerprint density at radius 1 is 1.03 bits per heavy atom. The summed E-state index contributed by atoms with van der Waals surface area (Å²) in [6, 6.07) is 10.9. The van der Waals surface area contributed by atoms with E-state index in [0.717, 1.165) is 39.0 Å². The lowest BCUT2D eigenvalue weighted by Gasteiger charge is -2.37. The maximum absolute atomic E-state index is 12.9.